The highest BCUT2D eigenvalue weighted by Crippen LogP contribution is 2.27. The second-order valence-corrected chi connectivity index (χ2v) is 8.29. The molecule has 3 rings (SSSR count). The first-order valence-corrected chi connectivity index (χ1v) is 10.3. The smallest absolute Gasteiger partial charge is 0.261 e. The molecule has 0 saturated carbocycles. The van der Waals surface area contributed by atoms with Gasteiger partial charge < -0.3 is 9.64 Å². The topological polar surface area (TPSA) is 41.6 Å². The lowest BCUT2D eigenvalue weighted by Gasteiger charge is -2.31. The number of carbonyl (C=O) groups is 1. The largest absolute Gasteiger partial charge is 0.492 e. The third kappa shape index (κ3) is 4.87. The van der Waals surface area contributed by atoms with Gasteiger partial charge in [-0.3, -0.25) is 10.1 Å². The molecule has 0 saturated heterocycles. The van der Waals surface area contributed by atoms with Gasteiger partial charge in [0.2, 0.25) is 0 Å². The maximum absolute atomic E-state index is 12.9. The van der Waals surface area contributed by atoms with Gasteiger partial charge in [0.05, 0.1) is 12.2 Å². The number of hydrogen-bond acceptors (Lipinski definition) is 3. The molecule has 0 aliphatic carbocycles. The lowest BCUT2D eigenvalue weighted by atomic mass is 10.0. The molecule has 1 aliphatic heterocycles. The van der Waals surface area contributed by atoms with E-state index in [1.54, 1.807) is 12.1 Å². The maximum Gasteiger partial charge on any atom is 0.261 e. The number of hydrogen-bond donors (Lipinski definition) is 1. The quantitative estimate of drug-likeness (QED) is 0.674. The van der Waals surface area contributed by atoms with Crippen LogP contribution in [0.4, 0.5) is 5.69 Å². The predicted octanol–water partition coefficient (Wildman–Crippen LogP) is 4.95. The van der Waals surface area contributed by atoms with E-state index in [1.807, 2.05) is 29.2 Å². The van der Waals surface area contributed by atoms with Gasteiger partial charge in [-0.2, -0.15) is 0 Å². The van der Waals surface area contributed by atoms with E-state index < -0.39 is 0 Å². The summed E-state index contributed by atoms with van der Waals surface area (Å²) in [7, 11) is 0. The summed E-state index contributed by atoms with van der Waals surface area (Å²) in [6.45, 7) is 5.49. The summed E-state index contributed by atoms with van der Waals surface area (Å²) >= 11 is 8.98. The first kappa shape index (κ1) is 19.8. The summed E-state index contributed by atoms with van der Waals surface area (Å²) in [5.41, 5.74) is 2.79. The lowest BCUT2D eigenvalue weighted by molar-refractivity contribution is 0.0972. The molecule has 0 aromatic heterocycles. The van der Waals surface area contributed by atoms with Gasteiger partial charge in [0.15, 0.2) is 5.11 Å². The van der Waals surface area contributed by atoms with Crippen LogP contribution in [0.25, 0.3) is 0 Å². The van der Waals surface area contributed by atoms with Gasteiger partial charge in [-0.1, -0.05) is 48.0 Å². The van der Waals surface area contributed by atoms with Crippen LogP contribution in [0, 0.1) is 5.92 Å². The van der Waals surface area contributed by atoms with Crippen molar-refractivity contribution in [3.63, 3.8) is 0 Å². The fourth-order valence-electron chi connectivity index (χ4n) is 3.04. The van der Waals surface area contributed by atoms with Crippen LogP contribution >= 0.6 is 28.1 Å². The van der Waals surface area contributed by atoms with E-state index in [4.69, 9.17) is 17.0 Å². The van der Waals surface area contributed by atoms with Crippen molar-refractivity contribution in [3.8, 4) is 5.75 Å². The van der Waals surface area contributed by atoms with Crippen LogP contribution in [0.5, 0.6) is 5.75 Å². The molecule has 0 atom stereocenters. The molecular formula is C21H23BrN2O2S. The second-order valence-electron chi connectivity index (χ2n) is 6.99. The van der Waals surface area contributed by atoms with E-state index in [1.165, 1.54) is 5.56 Å². The average Bonchev–Trinajstić information content (AvgIpc) is 2.66. The normalized spacial score (nSPS) is 13.3. The summed E-state index contributed by atoms with van der Waals surface area (Å²) in [5.74, 6) is 0.671. The zero-order chi connectivity index (χ0) is 19.4. The zero-order valence-electron chi connectivity index (χ0n) is 15.5. The molecule has 4 nitrogen and oxygen atoms in total. The van der Waals surface area contributed by atoms with E-state index in [0.717, 1.165) is 29.5 Å². The highest BCUT2D eigenvalue weighted by molar-refractivity contribution is 9.10. The van der Waals surface area contributed by atoms with Crippen LogP contribution in [-0.2, 0) is 6.42 Å². The van der Waals surface area contributed by atoms with Crippen molar-refractivity contribution in [1.82, 2.24) is 5.32 Å². The fraction of sp³-hybridized carbons (Fsp3) is 0.333. The minimum atomic E-state index is -0.261. The number of nitrogens with zero attached hydrogens (tertiary/aromatic N) is 1. The summed E-state index contributed by atoms with van der Waals surface area (Å²) < 4.78 is 6.64. The Morgan fingerprint density at radius 2 is 2.07 bits per heavy atom. The van der Waals surface area contributed by atoms with Crippen LogP contribution in [0.1, 0.15) is 36.2 Å². The maximum atomic E-state index is 12.9. The highest BCUT2D eigenvalue weighted by Gasteiger charge is 2.22. The number of halogens is 1. The minimum Gasteiger partial charge on any atom is -0.492 e. The monoisotopic (exact) mass is 446 g/mol. The Bertz CT molecular complexity index is 854. The van der Waals surface area contributed by atoms with Crippen molar-refractivity contribution < 1.29 is 9.53 Å². The number of amides is 1. The number of para-hydroxylation sites is 1. The van der Waals surface area contributed by atoms with E-state index in [0.29, 0.717) is 29.0 Å². The molecule has 1 heterocycles. The van der Waals surface area contributed by atoms with Gasteiger partial charge in [-0.25, -0.2) is 0 Å². The zero-order valence-corrected chi connectivity index (χ0v) is 17.9. The molecule has 1 N–H and O–H groups in total. The van der Waals surface area contributed by atoms with Crippen molar-refractivity contribution >= 4 is 44.9 Å². The van der Waals surface area contributed by atoms with Crippen molar-refractivity contribution in [1.29, 1.82) is 0 Å². The third-order valence-corrected chi connectivity index (χ3v) is 5.15. The molecule has 0 fully saturated rings. The Morgan fingerprint density at radius 1 is 1.30 bits per heavy atom. The minimum absolute atomic E-state index is 0.261. The van der Waals surface area contributed by atoms with E-state index in [9.17, 15) is 4.79 Å². The van der Waals surface area contributed by atoms with Crippen LogP contribution in [0.3, 0.4) is 0 Å². The van der Waals surface area contributed by atoms with Crippen LogP contribution in [-0.4, -0.2) is 24.2 Å². The Morgan fingerprint density at radius 3 is 2.85 bits per heavy atom. The molecule has 0 spiro atoms. The number of ether oxygens (including phenoxy) is 1. The molecule has 2 aromatic rings. The number of aryl methyl sites for hydroxylation is 1. The summed E-state index contributed by atoms with van der Waals surface area (Å²) in [5, 5.41) is 3.30. The SMILES string of the molecule is CC(C)COc1ccc(Br)cc1C(=O)NC(=S)N1CCCc2ccccc21. The first-order chi connectivity index (χ1) is 13.0. The Labute approximate surface area is 174 Å². The van der Waals surface area contributed by atoms with Gasteiger partial charge in [0, 0.05) is 16.7 Å². The summed E-state index contributed by atoms with van der Waals surface area (Å²) in [6.07, 6.45) is 2.04. The molecule has 1 amide bonds. The number of nitrogens with one attached hydrogen (secondary N) is 1. The average molecular weight is 447 g/mol. The summed E-state index contributed by atoms with van der Waals surface area (Å²) in [4.78, 5) is 14.9. The Hall–Kier alpha value is -1.92. The van der Waals surface area contributed by atoms with E-state index in [2.05, 4.69) is 41.2 Å². The standard InChI is InChI=1S/C21H23BrN2O2S/c1-14(2)13-26-19-10-9-16(22)12-17(19)20(25)23-21(27)24-11-5-7-15-6-3-4-8-18(15)24/h3-4,6,8-10,12,14H,5,7,11,13H2,1-2H3,(H,23,25,27). The van der Waals surface area contributed by atoms with Gasteiger partial charge in [-0.05, 0) is 60.8 Å². The first-order valence-electron chi connectivity index (χ1n) is 9.09. The number of carbonyl (C=O) groups excluding carboxylic acids is 1. The van der Waals surface area contributed by atoms with Crippen LogP contribution in [0.15, 0.2) is 46.9 Å². The molecule has 2 aromatic carbocycles. The van der Waals surface area contributed by atoms with Gasteiger partial charge in [0.25, 0.3) is 5.91 Å². The number of anilines is 1. The summed E-state index contributed by atoms with van der Waals surface area (Å²) in [6, 6.07) is 13.6. The number of rotatable bonds is 4. The molecule has 0 unspecified atom stereocenters. The fourth-order valence-corrected chi connectivity index (χ4v) is 3.68. The van der Waals surface area contributed by atoms with Crippen molar-refractivity contribution in [2.75, 3.05) is 18.1 Å². The molecule has 27 heavy (non-hydrogen) atoms. The molecule has 142 valence electrons. The highest BCUT2D eigenvalue weighted by atomic mass is 79.9. The predicted molar refractivity (Wildman–Crippen MR) is 117 cm³/mol. The number of benzene rings is 2. The second kappa shape index (κ2) is 8.85. The van der Waals surface area contributed by atoms with Gasteiger partial charge >= 0.3 is 0 Å². The third-order valence-electron chi connectivity index (χ3n) is 4.33. The van der Waals surface area contributed by atoms with E-state index >= 15 is 0 Å². The van der Waals surface area contributed by atoms with E-state index in [-0.39, 0.29) is 5.91 Å². The van der Waals surface area contributed by atoms with Crippen molar-refractivity contribution in [3.05, 3.63) is 58.1 Å². The van der Waals surface area contributed by atoms with Gasteiger partial charge in [0.1, 0.15) is 5.75 Å². The number of thiocarbonyl (C=S) groups is 1. The molecular weight excluding hydrogens is 424 g/mol. The number of fused-ring (bicyclic) bond motifs is 1. The van der Waals surface area contributed by atoms with Gasteiger partial charge in [-0.15, -0.1) is 0 Å². The Kier molecular flexibility index (Phi) is 6.50. The van der Waals surface area contributed by atoms with Crippen LogP contribution in [0.2, 0.25) is 0 Å². The Balaban J connectivity index is 1.78. The lowest BCUT2D eigenvalue weighted by Crippen LogP contribution is -2.45. The molecule has 6 heteroatoms. The van der Waals surface area contributed by atoms with Crippen molar-refractivity contribution in [2.24, 2.45) is 5.92 Å². The van der Waals surface area contributed by atoms with Crippen molar-refractivity contribution in [2.45, 2.75) is 26.7 Å². The molecule has 0 bridgehead atoms. The van der Waals surface area contributed by atoms with Crippen LogP contribution < -0.4 is 15.0 Å². The molecule has 0 radical (unpaired) electrons. The molecule has 1 aliphatic rings.